The van der Waals surface area contributed by atoms with Crippen molar-refractivity contribution in [3.8, 4) is 0 Å². The Kier molecular flexibility index (Phi) is 7.82. The van der Waals surface area contributed by atoms with Gasteiger partial charge in [-0.05, 0) is 89.8 Å². The molecule has 0 aromatic carbocycles. The molecule has 2 N–H and O–H groups in total. The number of piperidine rings is 1. The Morgan fingerprint density at radius 1 is 1.14 bits per heavy atom. The molecule has 5 rings (SSSR count). The zero-order valence-corrected chi connectivity index (χ0v) is 22.3. The van der Waals surface area contributed by atoms with E-state index >= 15 is 0 Å². The van der Waals surface area contributed by atoms with Crippen LogP contribution in [0, 0.1) is 0 Å². The van der Waals surface area contributed by atoms with E-state index in [1.54, 1.807) is 0 Å². The smallest absolute Gasteiger partial charge is 0.239 e. The number of likely N-dealkylation sites (N-methyl/N-ethyl adjacent to an activating group) is 1. The molecule has 3 fully saturated rings. The minimum absolute atomic E-state index is 0.0690. The summed E-state index contributed by atoms with van der Waals surface area (Å²) in [7, 11) is 2.08. The zero-order chi connectivity index (χ0) is 25.2. The lowest BCUT2D eigenvalue weighted by atomic mass is 9.89. The van der Waals surface area contributed by atoms with Crippen LogP contribution in [0.1, 0.15) is 95.6 Å². The highest BCUT2D eigenvalue weighted by atomic mass is 16.3. The summed E-state index contributed by atoms with van der Waals surface area (Å²) in [6, 6.07) is 0.764. The molecule has 8 heteroatoms. The highest BCUT2D eigenvalue weighted by Gasteiger charge is 2.34. The van der Waals surface area contributed by atoms with Crippen LogP contribution in [0.2, 0.25) is 0 Å². The highest BCUT2D eigenvalue weighted by Crippen LogP contribution is 2.38. The fourth-order valence-corrected chi connectivity index (χ4v) is 6.63. The van der Waals surface area contributed by atoms with Crippen molar-refractivity contribution >= 4 is 22.9 Å². The molecule has 4 heterocycles. The predicted molar refractivity (Wildman–Crippen MR) is 143 cm³/mol. The van der Waals surface area contributed by atoms with Crippen LogP contribution in [0.5, 0.6) is 0 Å². The average molecular weight is 497 g/mol. The van der Waals surface area contributed by atoms with Gasteiger partial charge in [-0.2, -0.15) is 4.98 Å². The van der Waals surface area contributed by atoms with Crippen molar-refractivity contribution in [1.82, 2.24) is 24.3 Å². The molecule has 2 atom stereocenters. The van der Waals surface area contributed by atoms with E-state index in [4.69, 9.17) is 9.97 Å². The summed E-state index contributed by atoms with van der Waals surface area (Å²) in [5.74, 6) is 1.43. The van der Waals surface area contributed by atoms with Gasteiger partial charge in [-0.1, -0.05) is 13.3 Å². The second-order valence-electron chi connectivity index (χ2n) is 11.5. The maximum atomic E-state index is 13.1. The topological polar surface area (TPSA) is 86.5 Å². The third-order valence-electron chi connectivity index (χ3n) is 8.81. The fourth-order valence-electron chi connectivity index (χ4n) is 6.63. The highest BCUT2D eigenvalue weighted by molar-refractivity contribution is 5.83. The Bertz CT molecular complexity index is 1040. The first-order valence-corrected chi connectivity index (χ1v) is 14.3. The van der Waals surface area contributed by atoms with Crippen LogP contribution in [0.25, 0.3) is 11.0 Å². The van der Waals surface area contributed by atoms with E-state index in [0.717, 1.165) is 94.9 Å². The lowest BCUT2D eigenvalue weighted by Gasteiger charge is -2.35. The van der Waals surface area contributed by atoms with Crippen molar-refractivity contribution in [2.75, 3.05) is 32.0 Å². The van der Waals surface area contributed by atoms with Gasteiger partial charge in [0.05, 0.1) is 12.1 Å². The average Bonchev–Trinajstić information content (AvgIpc) is 3.48. The molecule has 1 aliphatic carbocycles. The molecule has 2 aromatic rings. The van der Waals surface area contributed by atoms with Crippen LogP contribution in [-0.4, -0.2) is 80.2 Å². The maximum Gasteiger partial charge on any atom is 0.239 e. The van der Waals surface area contributed by atoms with Gasteiger partial charge in [-0.25, -0.2) is 4.98 Å². The molecule has 1 saturated carbocycles. The quantitative estimate of drug-likeness (QED) is 0.594. The summed E-state index contributed by atoms with van der Waals surface area (Å²) < 4.78 is 2.37. The standard InChI is InChI=1S/C28H44N6O2/c1-4-6-19(2)30-28-29-17-23-24(18-34(26(23)31-28)21-8-10-22(35)11-9-21)20-12-15-33(16-13-20)27(36)25-7-5-14-32(25)3/h17-22,25,35H,4-16H2,1-3H3,(H,29,30,31)/t19-,21?,22?,25?/m0/s1. The lowest BCUT2D eigenvalue weighted by molar-refractivity contribution is -0.136. The first-order valence-electron chi connectivity index (χ1n) is 14.3. The molecule has 2 saturated heterocycles. The van der Waals surface area contributed by atoms with Crippen molar-refractivity contribution < 1.29 is 9.90 Å². The summed E-state index contributed by atoms with van der Waals surface area (Å²) in [4.78, 5) is 27.2. The number of fused-ring (bicyclic) bond motifs is 1. The van der Waals surface area contributed by atoms with E-state index in [1.165, 1.54) is 5.56 Å². The van der Waals surface area contributed by atoms with Crippen LogP contribution in [-0.2, 0) is 4.79 Å². The molecule has 1 amide bonds. The van der Waals surface area contributed by atoms with Gasteiger partial charge in [-0.15, -0.1) is 0 Å². The van der Waals surface area contributed by atoms with Gasteiger partial charge in [0.25, 0.3) is 0 Å². The Morgan fingerprint density at radius 2 is 1.89 bits per heavy atom. The molecule has 8 nitrogen and oxygen atoms in total. The van der Waals surface area contributed by atoms with Crippen LogP contribution in [0.4, 0.5) is 5.95 Å². The molecule has 1 unspecified atom stereocenters. The van der Waals surface area contributed by atoms with E-state index in [-0.39, 0.29) is 12.1 Å². The number of nitrogens with one attached hydrogen (secondary N) is 1. The van der Waals surface area contributed by atoms with E-state index in [1.807, 2.05) is 6.20 Å². The van der Waals surface area contributed by atoms with Crippen LogP contribution >= 0.6 is 0 Å². The van der Waals surface area contributed by atoms with Crippen molar-refractivity contribution in [3.63, 3.8) is 0 Å². The summed E-state index contributed by atoms with van der Waals surface area (Å²) in [6.07, 6.45) is 14.1. The molecule has 3 aliphatic rings. The minimum atomic E-state index is -0.176. The number of nitrogens with zero attached hydrogens (tertiary/aromatic N) is 5. The van der Waals surface area contributed by atoms with Crippen LogP contribution < -0.4 is 5.32 Å². The van der Waals surface area contributed by atoms with Crippen molar-refractivity contribution in [2.45, 2.75) is 108 Å². The van der Waals surface area contributed by atoms with Gasteiger partial charge >= 0.3 is 0 Å². The van der Waals surface area contributed by atoms with Crippen molar-refractivity contribution in [2.24, 2.45) is 0 Å². The first kappa shape index (κ1) is 25.5. The summed E-state index contributed by atoms with van der Waals surface area (Å²) >= 11 is 0. The Balaban J connectivity index is 1.37. The number of aliphatic hydroxyl groups is 1. The SMILES string of the molecule is CCC[C@H](C)Nc1ncc2c(C3CCN(C(=O)C4CCCN4C)CC3)cn(C3CCC(O)CC3)c2n1. The third-order valence-corrected chi connectivity index (χ3v) is 8.81. The number of rotatable bonds is 7. The molecule has 0 spiro atoms. The maximum absolute atomic E-state index is 13.1. The Hall–Kier alpha value is -2.19. The molecule has 2 aliphatic heterocycles. The number of hydrogen-bond donors (Lipinski definition) is 2. The lowest BCUT2D eigenvalue weighted by Crippen LogP contribution is -2.47. The zero-order valence-electron chi connectivity index (χ0n) is 22.3. The molecule has 36 heavy (non-hydrogen) atoms. The first-order chi connectivity index (χ1) is 17.4. The van der Waals surface area contributed by atoms with Gasteiger partial charge in [0.2, 0.25) is 11.9 Å². The third kappa shape index (κ3) is 5.25. The molecule has 0 radical (unpaired) electrons. The van der Waals surface area contributed by atoms with E-state index in [2.05, 4.69) is 46.8 Å². The second-order valence-corrected chi connectivity index (χ2v) is 11.5. The van der Waals surface area contributed by atoms with Gasteiger partial charge in [0, 0.05) is 43.0 Å². The normalized spacial score (nSPS) is 27.0. The second kappa shape index (κ2) is 11.1. The number of hydrogen-bond acceptors (Lipinski definition) is 6. The van der Waals surface area contributed by atoms with Crippen molar-refractivity contribution in [1.29, 1.82) is 0 Å². The minimum Gasteiger partial charge on any atom is -0.393 e. The van der Waals surface area contributed by atoms with E-state index in [9.17, 15) is 9.90 Å². The number of aliphatic hydroxyl groups excluding tert-OH is 1. The molecule has 2 aromatic heterocycles. The molecule has 198 valence electrons. The predicted octanol–water partition coefficient (Wildman–Crippen LogP) is 4.31. The van der Waals surface area contributed by atoms with Gasteiger partial charge in [0.15, 0.2) is 0 Å². The number of likely N-dealkylation sites (tertiary alicyclic amines) is 2. The van der Waals surface area contributed by atoms with Gasteiger partial charge in [0.1, 0.15) is 5.65 Å². The Morgan fingerprint density at radius 3 is 2.56 bits per heavy atom. The largest absolute Gasteiger partial charge is 0.393 e. The molecular formula is C28H44N6O2. The number of carbonyl (C=O) groups excluding carboxylic acids is 1. The number of carbonyl (C=O) groups is 1. The Labute approximate surface area is 215 Å². The number of amides is 1. The fraction of sp³-hybridized carbons (Fsp3) is 0.750. The molecular weight excluding hydrogens is 452 g/mol. The molecule has 0 bridgehead atoms. The summed E-state index contributed by atoms with van der Waals surface area (Å²) in [6.45, 7) is 7.06. The monoisotopic (exact) mass is 496 g/mol. The van der Waals surface area contributed by atoms with Gasteiger partial charge < -0.3 is 19.9 Å². The van der Waals surface area contributed by atoms with Gasteiger partial charge in [-0.3, -0.25) is 9.69 Å². The van der Waals surface area contributed by atoms with Crippen molar-refractivity contribution in [3.05, 3.63) is 18.0 Å². The van der Waals surface area contributed by atoms with Crippen LogP contribution in [0.15, 0.2) is 12.4 Å². The summed E-state index contributed by atoms with van der Waals surface area (Å²) in [5, 5.41) is 14.7. The summed E-state index contributed by atoms with van der Waals surface area (Å²) in [5.41, 5.74) is 2.34. The van der Waals surface area contributed by atoms with E-state index < -0.39 is 0 Å². The number of aromatic nitrogens is 3. The number of anilines is 1. The van der Waals surface area contributed by atoms with E-state index in [0.29, 0.717) is 29.9 Å². The van der Waals surface area contributed by atoms with Crippen LogP contribution in [0.3, 0.4) is 0 Å².